The topological polar surface area (TPSA) is 30.2 Å². The summed E-state index contributed by atoms with van der Waals surface area (Å²) >= 11 is 0. The van der Waals surface area contributed by atoms with Gasteiger partial charge >= 0.3 is 0 Å². The third-order valence-corrected chi connectivity index (χ3v) is 3.69. The molecule has 1 heterocycles. The Bertz CT molecular complexity index is 809. The van der Waals surface area contributed by atoms with Crippen molar-refractivity contribution >= 4 is 16.8 Å². The van der Waals surface area contributed by atoms with Gasteiger partial charge in [0.05, 0.1) is 0 Å². The zero-order valence-electron chi connectivity index (χ0n) is 11.9. The molecule has 2 nitrogen and oxygen atoms in total. The summed E-state index contributed by atoms with van der Waals surface area (Å²) in [6.45, 7) is 5.89. The summed E-state index contributed by atoms with van der Waals surface area (Å²) in [5, 5.41) is 1.01. The minimum absolute atomic E-state index is 0.0468. The van der Waals surface area contributed by atoms with Gasteiger partial charge in [-0.15, -0.1) is 0 Å². The van der Waals surface area contributed by atoms with Crippen molar-refractivity contribution in [1.82, 2.24) is 0 Å². The van der Waals surface area contributed by atoms with Crippen molar-refractivity contribution < 1.29 is 9.21 Å². The van der Waals surface area contributed by atoms with Gasteiger partial charge in [-0.2, -0.15) is 0 Å². The van der Waals surface area contributed by atoms with Gasteiger partial charge in [-0.1, -0.05) is 36.4 Å². The first-order valence-corrected chi connectivity index (χ1v) is 6.68. The molecular weight excluding hydrogens is 248 g/mol. The fourth-order valence-electron chi connectivity index (χ4n) is 2.50. The lowest BCUT2D eigenvalue weighted by molar-refractivity contribution is 0.101. The van der Waals surface area contributed by atoms with Crippen LogP contribution in [0.15, 0.2) is 46.9 Å². The van der Waals surface area contributed by atoms with Crippen molar-refractivity contribution in [2.45, 2.75) is 20.8 Å². The van der Waals surface area contributed by atoms with Gasteiger partial charge in [0.2, 0.25) is 5.78 Å². The van der Waals surface area contributed by atoms with Crippen molar-refractivity contribution in [2.75, 3.05) is 0 Å². The third-order valence-electron chi connectivity index (χ3n) is 3.69. The Labute approximate surface area is 118 Å². The summed E-state index contributed by atoms with van der Waals surface area (Å²) in [5.74, 6) is 0.398. The predicted molar refractivity (Wildman–Crippen MR) is 80.3 cm³/mol. The first kappa shape index (κ1) is 12.7. The molecule has 1 aromatic heterocycles. The molecule has 0 amide bonds. The van der Waals surface area contributed by atoms with E-state index >= 15 is 0 Å². The molecule has 0 fully saturated rings. The van der Waals surface area contributed by atoms with E-state index in [1.165, 1.54) is 0 Å². The van der Waals surface area contributed by atoms with Crippen molar-refractivity contribution in [1.29, 1.82) is 0 Å². The number of hydrogen-bond donors (Lipinski definition) is 0. The lowest BCUT2D eigenvalue weighted by Crippen LogP contribution is -2.03. The molecule has 0 saturated carbocycles. The molecule has 0 atom stereocenters. The van der Waals surface area contributed by atoms with Crippen molar-refractivity contribution in [3.8, 4) is 0 Å². The molecule has 0 aliphatic carbocycles. The molecular formula is C18H16O2. The Morgan fingerprint density at radius 3 is 2.50 bits per heavy atom. The molecule has 100 valence electrons. The largest absolute Gasteiger partial charge is 0.452 e. The molecule has 0 unspecified atom stereocenters. The zero-order valence-corrected chi connectivity index (χ0v) is 11.9. The quantitative estimate of drug-likeness (QED) is 0.634. The maximum Gasteiger partial charge on any atom is 0.228 e. The maximum absolute atomic E-state index is 12.6. The molecule has 0 bridgehead atoms. The Morgan fingerprint density at radius 2 is 1.75 bits per heavy atom. The highest BCUT2D eigenvalue weighted by molar-refractivity contribution is 6.11. The van der Waals surface area contributed by atoms with Gasteiger partial charge in [0.1, 0.15) is 5.58 Å². The summed E-state index contributed by atoms with van der Waals surface area (Å²) in [6.07, 6.45) is 0. The average molecular weight is 264 g/mol. The average Bonchev–Trinajstić information content (AvgIpc) is 2.75. The van der Waals surface area contributed by atoms with Gasteiger partial charge < -0.3 is 4.42 Å². The first-order valence-electron chi connectivity index (χ1n) is 6.68. The van der Waals surface area contributed by atoms with E-state index in [9.17, 15) is 4.79 Å². The molecule has 0 radical (unpaired) electrons. The number of hydrogen-bond acceptors (Lipinski definition) is 2. The highest BCUT2D eigenvalue weighted by atomic mass is 16.3. The maximum atomic E-state index is 12.6. The van der Waals surface area contributed by atoms with Crippen LogP contribution in [0, 0.1) is 20.8 Å². The van der Waals surface area contributed by atoms with E-state index < -0.39 is 0 Å². The second-order valence-electron chi connectivity index (χ2n) is 5.20. The lowest BCUT2D eigenvalue weighted by Gasteiger charge is -2.02. The van der Waals surface area contributed by atoms with Gasteiger partial charge in [-0.05, 0) is 38.0 Å². The third kappa shape index (κ3) is 1.94. The number of carbonyl (C=O) groups is 1. The standard InChI is InChI=1S/C18H16O2/c1-11-8-9-15-13(3)18(20-16(15)10-11)17(19)14-7-5-4-6-12(14)2/h4-10H,1-3H3. The Balaban J connectivity index is 2.18. The van der Waals surface area contributed by atoms with E-state index in [1.54, 1.807) is 0 Å². The normalized spacial score (nSPS) is 10.9. The van der Waals surface area contributed by atoms with Gasteiger partial charge in [0.25, 0.3) is 0 Å². The molecule has 3 aromatic rings. The number of ketones is 1. The smallest absolute Gasteiger partial charge is 0.228 e. The van der Waals surface area contributed by atoms with Crippen LogP contribution in [-0.4, -0.2) is 5.78 Å². The number of benzene rings is 2. The second kappa shape index (κ2) is 4.64. The Morgan fingerprint density at radius 1 is 1.00 bits per heavy atom. The molecule has 0 saturated heterocycles. The monoisotopic (exact) mass is 264 g/mol. The van der Waals surface area contributed by atoms with E-state index in [0.717, 1.165) is 27.7 Å². The number of fused-ring (bicyclic) bond motifs is 1. The van der Waals surface area contributed by atoms with Crippen molar-refractivity contribution in [2.24, 2.45) is 0 Å². The molecule has 0 N–H and O–H groups in total. The molecule has 3 rings (SSSR count). The van der Waals surface area contributed by atoms with Crippen molar-refractivity contribution in [3.05, 3.63) is 70.5 Å². The van der Waals surface area contributed by atoms with Crippen LogP contribution >= 0.6 is 0 Å². The molecule has 0 aliphatic heterocycles. The summed E-state index contributed by atoms with van der Waals surface area (Å²) < 4.78 is 5.80. The molecule has 2 heteroatoms. The van der Waals surface area contributed by atoms with Crippen LogP contribution in [-0.2, 0) is 0 Å². The van der Waals surface area contributed by atoms with Crippen LogP contribution in [0.4, 0.5) is 0 Å². The fraction of sp³-hybridized carbons (Fsp3) is 0.167. The zero-order chi connectivity index (χ0) is 14.3. The van der Waals surface area contributed by atoms with Gasteiger partial charge in [-0.25, -0.2) is 0 Å². The van der Waals surface area contributed by atoms with Gasteiger partial charge in [-0.3, -0.25) is 4.79 Å². The van der Waals surface area contributed by atoms with E-state index in [1.807, 2.05) is 63.2 Å². The Kier molecular flexibility index (Phi) is 2.94. The molecule has 0 spiro atoms. The van der Waals surface area contributed by atoms with Gasteiger partial charge in [0.15, 0.2) is 5.76 Å². The highest BCUT2D eigenvalue weighted by Crippen LogP contribution is 2.28. The number of furan rings is 1. The molecule has 2 aromatic carbocycles. The van der Waals surface area contributed by atoms with Gasteiger partial charge in [0, 0.05) is 16.5 Å². The molecule has 0 aliphatic rings. The van der Waals surface area contributed by atoms with Crippen LogP contribution in [0.25, 0.3) is 11.0 Å². The minimum atomic E-state index is -0.0468. The fourth-order valence-corrected chi connectivity index (χ4v) is 2.50. The summed E-state index contributed by atoms with van der Waals surface area (Å²) in [6, 6.07) is 13.6. The lowest BCUT2D eigenvalue weighted by atomic mass is 10.0. The van der Waals surface area contributed by atoms with E-state index in [0.29, 0.717) is 11.3 Å². The van der Waals surface area contributed by atoms with Crippen LogP contribution < -0.4 is 0 Å². The number of rotatable bonds is 2. The summed E-state index contributed by atoms with van der Waals surface area (Å²) in [4.78, 5) is 12.6. The SMILES string of the molecule is Cc1ccc2c(C)c(C(=O)c3ccccc3C)oc2c1. The van der Waals surface area contributed by atoms with Crippen LogP contribution in [0.2, 0.25) is 0 Å². The predicted octanol–water partition coefficient (Wildman–Crippen LogP) is 4.59. The Hall–Kier alpha value is -2.35. The minimum Gasteiger partial charge on any atom is -0.452 e. The van der Waals surface area contributed by atoms with Crippen LogP contribution in [0.5, 0.6) is 0 Å². The summed E-state index contributed by atoms with van der Waals surface area (Å²) in [7, 11) is 0. The number of aryl methyl sites for hydroxylation is 3. The number of carbonyl (C=O) groups excluding carboxylic acids is 1. The highest BCUT2D eigenvalue weighted by Gasteiger charge is 2.20. The second-order valence-corrected chi connectivity index (χ2v) is 5.20. The van der Waals surface area contributed by atoms with E-state index in [4.69, 9.17) is 4.42 Å². The van der Waals surface area contributed by atoms with Crippen molar-refractivity contribution in [3.63, 3.8) is 0 Å². The summed E-state index contributed by atoms with van der Waals surface area (Å²) in [5.41, 5.74) is 4.48. The van der Waals surface area contributed by atoms with E-state index in [-0.39, 0.29) is 5.78 Å². The first-order chi connectivity index (χ1) is 9.58. The van der Waals surface area contributed by atoms with E-state index in [2.05, 4.69) is 0 Å². The van der Waals surface area contributed by atoms with Crippen LogP contribution in [0.3, 0.4) is 0 Å². The van der Waals surface area contributed by atoms with Crippen LogP contribution in [0.1, 0.15) is 32.8 Å². The molecule has 20 heavy (non-hydrogen) atoms.